The Bertz CT molecular complexity index is 344. The van der Waals surface area contributed by atoms with Crippen LogP contribution in [-0.2, 0) is 11.3 Å². The summed E-state index contributed by atoms with van der Waals surface area (Å²) in [7, 11) is 0. The molecule has 15 heavy (non-hydrogen) atoms. The summed E-state index contributed by atoms with van der Waals surface area (Å²) in [4.78, 5) is 11.4. The fourth-order valence-electron chi connectivity index (χ4n) is 1.10. The van der Waals surface area contributed by atoms with Crippen molar-refractivity contribution >= 4 is 34.3 Å². The van der Waals surface area contributed by atoms with Crippen LogP contribution >= 0.6 is 28.3 Å². The minimum atomic E-state index is -0.316. The zero-order chi connectivity index (χ0) is 10.6. The van der Waals surface area contributed by atoms with Crippen LogP contribution in [0.3, 0.4) is 0 Å². The number of esters is 1. The van der Waals surface area contributed by atoms with Crippen LogP contribution in [0.4, 0.5) is 0 Å². The van der Waals surface area contributed by atoms with Gasteiger partial charge in [0, 0.05) is 11.0 Å². The quantitative estimate of drug-likeness (QED) is 0.872. The van der Waals surface area contributed by atoms with Gasteiger partial charge in [0.2, 0.25) is 0 Å². The standard InChI is InChI=1S/C10H12BrNO2.ClH/c1-2-14-10(13)8-3-7(6-12)4-9(11)5-8;/h3-5H,2,6,12H2,1H3;1H. The Kier molecular flexibility index (Phi) is 6.56. The summed E-state index contributed by atoms with van der Waals surface area (Å²) in [5.41, 5.74) is 6.92. The third kappa shape index (κ3) is 4.20. The normalized spacial score (nSPS) is 9.27. The molecular formula is C10H13BrClNO2. The van der Waals surface area contributed by atoms with E-state index in [1.807, 2.05) is 6.07 Å². The summed E-state index contributed by atoms with van der Waals surface area (Å²) in [5.74, 6) is -0.316. The van der Waals surface area contributed by atoms with Gasteiger partial charge in [0.25, 0.3) is 0 Å². The van der Waals surface area contributed by atoms with Crippen LogP contribution in [0.1, 0.15) is 22.8 Å². The molecule has 0 bridgehead atoms. The maximum atomic E-state index is 11.4. The zero-order valence-corrected chi connectivity index (χ0v) is 10.7. The number of hydrogen-bond acceptors (Lipinski definition) is 3. The van der Waals surface area contributed by atoms with Crippen molar-refractivity contribution in [1.29, 1.82) is 0 Å². The van der Waals surface area contributed by atoms with Gasteiger partial charge in [-0.05, 0) is 30.7 Å². The Hall–Kier alpha value is -0.580. The van der Waals surface area contributed by atoms with Gasteiger partial charge in [0.05, 0.1) is 12.2 Å². The average Bonchev–Trinajstić information content (AvgIpc) is 2.17. The number of carbonyl (C=O) groups excluding carboxylic acids is 1. The highest BCUT2D eigenvalue weighted by molar-refractivity contribution is 9.10. The van der Waals surface area contributed by atoms with E-state index in [2.05, 4.69) is 15.9 Å². The van der Waals surface area contributed by atoms with E-state index in [9.17, 15) is 4.79 Å². The van der Waals surface area contributed by atoms with Crippen molar-refractivity contribution in [3.63, 3.8) is 0 Å². The van der Waals surface area contributed by atoms with Crippen molar-refractivity contribution in [3.05, 3.63) is 33.8 Å². The van der Waals surface area contributed by atoms with Crippen molar-refractivity contribution in [2.75, 3.05) is 6.61 Å². The lowest BCUT2D eigenvalue weighted by atomic mass is 10.1. The van der Waals surface area contributed by atoms with Gasteiger partial charge < -0.3 is 10.5 Å². The smallest absolute Gasteiger partial charge is 0.338 e. The lowest BCUT2D eigenvalue weighted by Gasteiger charge is -2.04. The Morgan fingerprint density at radius 1 is 1.47 bits per heavy atom. The van der Waals surface area contributed by atoms with Crippen LogP contribution < -0.4 is 5.73 Å². The fraction of sp³-hybridized carbons (Fsp3) is 0.300. The van der Waals surface area contributed by atoms with E-state index < -0.39 is 0 Å². The summed E-state index contributed by atoms with van der Waals surface area (Å²) in [6, 6.07) is 5.34. The van der Waals surface area contributed by atoms with E-state index >= 15 is 0 Å². The number of carbonyl (C=O) groups is 1. The second-order valence-electron chi connectivity index (χ2n) is 2.77. The molecule has 0 aliphatic carbocycles. The largest absolute Gasteiger partial charge is 0.462 e. The minimum Gasteiger partial charge on any atom is -0.462 e. The predicted octanol–water partition coefficient (Wildman–Crippen LogP) is 2.51. The highest BCUT2D eigenvalue weighted by Crippen LogP contribution is 2.16. The monoisotopic (exact) mass is 293 g/mol. The van der Waals surface area contributed by atoms with Crippen molar-refractivity contribution in [2.45, 2.75) is 13.5 Å². The van der Waals surface area contributed by atoms with Gasteiger partial charge in [0.1, 0.15) is 0 Å². The molecule has 0 unspecified atom stereocenters. The number of nitrogens with two attached hydrogens (primary N) is 1. The summed E-state index contributed by atoms with van der Waals surface area (Å²) in [5, 5.41) is 0. The van der Waals surface area contributed by atoms with Gasteiger partial charge in [-0.25, -0.2) is 4.79 Å². The molecule has 0 spiro atoms. The van der Waals surface area contributed by atoms with E-state index in [0.29, 0.717) is 18.7 Å². The van der Waals surface area contributed by atoms with E-state index in [4.69, 9.17) is 10.5 Å². The predicted molar refractivity (Wildman–Crippen MR) is 65.2 cm³/mol. The molecule has 3 nitrogen and oxygen atoms in total. The van der Waals surface area contributed by atoms with Gasteiger partial charge in [-0.2, -0.15) is 0 Å². The van der Waals surface area contributed by atoms with Gasteiger partial charge in [0.15, 0.2) is 0 Å². The average molecular weight is 295 g/mol. The lowest BCUT2D eigenvalue weighted by Crippen LogP contribution is -2.06. The summed E-state index contributed by atoms with van der Waals surface area (Å²) in [6.45, 7) is 2.56. The third-order valence-corrected chi connectivity index (χ3v) is 2.16. The maximum absolute atomic E-state index is 11.4. The molecule has 0 saturated carbocycles. The molecule has 1 aromatic rings. The van der Waals surface area contributed by atoms with E-state index in [0.717, 1.165) is 10.0 Å². The first kappa shape index (κ1) is 14.4. The topological polar surface area (TPSA) is 52.3 Å². The van der Waals surface area contributed by atoms with Gasteiger partial charge in [-0.3, -0.25) is 0 Å². The van der Waals surface area contributed by atoms with Crippen molar-refractivity contribution < 1.29 is 9.53 Å². The molecule has 1 rings (SSSR count). The second kappa shape index (κ2) is 6.82. The summed E-state index contributed by atoms with van der Waals surface area (Å²) >= 11 is 3.31. The Morgan fingerprint density at radius 3 is 2.67 bits per heavy atom. The van der Waals surface area contributed by atoms with Crippen LogP contribution in [0.2, 0.25) is 0 Å². The molecule has 1 aromatic carbocycles. The molecular weight excluding hydrogens is 281 g/mol. The van der Waals surface area contributed by atoms with Crippen molar-refractivity contribution in [2.24, 2.45) is 5.73 Å². The molecule has 0 radical (unpaired) electrons. The van der Waals surface area contributed by atoms with Crippen LogP contribution in [0.25, 0.3) is 0 Å². The number of ether oxygens (including phenoxy) is 1. The SMILES string of the molecule is CCOC(=O)c1cc(Br)cc(CN)c1.Cl. The molecule has 0 aromatic heterocycles. The molecule has 0 aliphatic heterocycles. The molecule has 2 N–H and O–H groups in total. The molecule has 0 aliphatic rings. The van der Waals surface area contributed by atoms with E-state index in [-0.39, 0.29) is 18.4 Å². The minimum absolute atomic E-state index is 0. The summed E-state index contributed by atoms with van der Waals surface area (Å²) in [6.07, 6.45) is 0. The molecule has 84 valence electrons. The first-order chi connectivity index (χ1) is 6.67. The number of hydrogen-bond donors (Lipinski definition) is 1. The number of benzene rings is 1. The Balaban J connectivity index is 0.00000196. The van der Waals surface area contributed by atoms with Crippen LogP contribution in [-0.4, -0.2) is 12.6 Å². The molecule has 0 atom stereocenters. The molecule has 0 amide bonds. The first-order valence-corrected chi connectivity index (χ1v) is 5.13. The summed E-state index contributed by atoms with van der Waals surface area (Å²) < 4.78 is 5.72. The lowest BCUT2D eigenvalue weighted by molar-refractivity contribution is 0.0526. The third-order valence-electron chi connectivity index (χ3n) is 1.70. The Labute approximate surface area is 104 Å². The van der Waals surface area contributed by atoms with Crippen LogP contribution in [0.15, 0.2) is 22.7 Å². The van der Waals surface area contributed by atoms with Gasteiger partial charge in [-0.15, -0.1) is 12.4 Å². The molecule has 0 saturated heterocycles. The molecule has 0 heterocycles. The van der Waals surface area contributed by atoms with Crippen LogP contribution in [0.5, 0.6) is 0 Å². The zero-order valence-electron chi connectivity index (χ0n) is 8.33. The Morgan fingerprint density at radius 2 is 2.13 bits per heavy atom. The van der Waals surface area contributed by atoms with Crippen molar-refractivity contribution in [3.8, 4) is 0 Å². The number of rotatable bonds is 3. The van der Waals surface area contributed by atoms with E-state index in [1.54, 1.807) is 19.1 Å². The number of halogens is 2. The molecule has 0 fully saturated rings. The van der Waals surface area contributed by atoms with Crippen molar-refractivity contribution in [1.82, 2.24) is 0 Å². The highest BCUT2D eigenvalue weighted by Gasteiger charge is 2.07. The molecule has 5 heteroatoms. The fourth-order valence-corrected chi connectivity index (χ4v) is 1.64. The van der Waals surface area contributed by atoms with Crippen LogP contribution in [0, 0.1) is 0 Å². The van der Waals surface area contributed by atoms with E-state index in [1.165, 1.54) is 0 Å². The highest BCUT2D eigenvalue weighted by atomic mass is 79.9. The second-order valence-corrected chi connectivity index (χ2v) is 3.69. The first-order valence-electron chi connectivity index (χ1n) is 4.34. The van der Waals surface area contributed by atoms with Gasteiger partial charge in [-0.1, -0.05) is 15.9 Å². The van der Waals surface area contributed by atoms with Gasteiger partial charge >= 0.3 is 5.97 Å². The maximum Gasteiger partial charge on any atom is 0.338 e.